The van der Waals surface area contributed by atoms with Gasteiger partial charge in [0, 0.05) is 27.3 Å². The van der Waals surface area contributed by atoms with Gasteiger partial charge in [0.1, 0.15) is 5.60 Å². The average molecular weight is 473 g/mol. The van der Waals surface area contributed by atoms with Crippen molar-refractivity contribution in [1.29, 1.82) is 0 Å². The molecule has 4 heteroatoms. The van der Waals surface area contributed by atoms with Gasteiger partial charge in [0.25, 0.3) is 0 Å². The Balaban J connectivity index is 0.00000150. The van der Waals surface area contributed by atoms with Crippen LogP contribution >= 0.6 is 24.8 Å². The molecule has 4 rings (SSSR count). The minimum atomic E-state index is -1.21. The van der Waals surface area contributed by atoms with Crippen LogP contribution in [-0.2, 0) is 27.3 Å². The molecule has 3 aromatic carbocycles. The number of hydrogen-bond donors (Lipinski definition) is 1. The predicted octanol–water partition coefficient (Wildman–Crippen LogP) is 6.94. The molecule has 0 amide bonds. The zero-order chi connectivity index (χ0) is 18.9. The monoisotopic (exact) mass is 472 g/mol. The zero-order valence-electron chi connectivity index (χ0n) is 17.1. The maximum Gasteiger partial charge on any atom is 0.141 e. The molecule has 0 saturated carbocycles. The van der Waals surface area contributed by atoms with Gasteiger partial charge in [-0.2, -0.15) is 0 Å². The second kappa shape index (κ2) is 11.1. The van der Waals surface area contributed by atoms with Crippen molar-refractivity contribution >= 4 is 30.4 Å². The summed E-state index contributed by atoms with van der Waals surface area (Å²) in [5.41, 5.74) is 6.54. The Hall–Kier alpha value is -1.61. The van der Waals surface area contributed by atoms with E-state index in [1.165, 1.54) is 16.7 Å². The molecule has 0 bridgehead atoms. The molecule has 0 atom stereocenters. The van der Waals surface area contributed by atoms with Gasteiger partial charge in [0.15, 0.2) is 0 Å². The molecule has 154 valence electrons. The maximum atomic E-state index is 12.2. The van der Waals surface area contributed by atoms with Crippen LogP contribution in [-0.4, -0.2) is 5.11 Å². The van der Waals surface area contributed by atoms with E-state index in [2.05, 4.69) is 38.1 Å². The van der Waals surface area contributed by atoms with Crippen LogP contribution in [0, 0.1) is 0 Å². The van der Waals surface area contributed by atoms with Gasteiger partial charge in [-0.15, -0.1) is 24.8 Å². The van der Waals surface area contributed by atoms with Gasteiger partial charge in [-0.25, -0.2) is 0 Å². The van der Waals surface area contributed by atoms with Gasteiger partial charge in [-0.05, 0) is 48.1 Å². The Bertz CT molecular complexity index is 988. The van der Waals surface area contributed by atoms with Gasteiger partial charge in [0.05, 0.1) is 0 Å². The SMILES string of the molecule is CC1=CCC(c2ccccc2C(O)(c2ccccc2)c2ccccc2)=C1C.Cl.Cl.[Ti]. The van der Waals surface area contributed by atoms with Crippen molar-refractivity contribution in [2.75, 3.05) is 0 Å². The molecular formula is C26H26Cl2OTi. The maximum absolute atomic E-state index is 12.2. The number of halogens is 2. The molecule has 0 fully saturated rings. The number of allylic oxidation sites excluding steroid dienone is 4. The fourth-order valence-corrected chi connectivity index (χ4v) is 4.01. The molecule has 3 aromatic rings. The Morgan fingerprint density at radius 3 is 1.63 bits per heavy atom. The van der Waals surface area contributed by atoms with Crippen LogP contribution in [0.2, 0.25) is 0 Å². The van der Waals surface area contributed by atoms with Crippen LogP contribution in [0.3, 0.4) is 0 Å². The third-order valence-electron chi connectivity index (χ3n) is 5.68. The molecule has 0 heterocycles. The van der Waals surface area contributed by atoms with Crippen LogP contribution in [0.1, 0.15) is 42.5 Å². The molecular weight excluding hydrogens is 447 g/mol. The van der Waals surface area contributed by atoms with Gasteiger partial charge < -0.3 is 5.11 Å². The second-order valence-corrected chi connectivity index (χ2v) is 7.18. The summed E-state index contributed by atoms with van der Waals surface area (Å²) < 4.78 is 0. The van der Waals surface area contributed by atoms with Crippen molar-refractivity contribution in [2.45, 2.75) is 25.9 Å². The average Bonchev–Trinajstić information content (AvgIpc) is 3.07. The van der Waals surface area contributed by atoms with Crippen LogP contribution in [0.4, 0.5) is 0 Å². The Morgan fingerprint density at radius 2 is 1.17 bits per heavy atom. The summed E-state index contributed by atoms with van der Waals surface area (Å²) in [5, 5.41) is 12.2. The topological polar surface area (TPSA) is 20.2 Å². The van der Waals surface area contributed by atoms with E-state index in [1.807, 2.05) is 66.7 Å². The summed E-state index contributed by atoms with van der Waals surface area (Å²) in [6.45, 7) is 4.33. The van der Waals surface area contributed by atoms with Crippen LogP contribution in [0.25, 0.3) is 5.57 Å². The molecule has 1 nitrogen and oxygen atoms in total. The van der Waals surface area contributed by atoms with Crippen LogP contribution in [0.15, 0.2) is 102 Å². The minimum Gasteiger partial charge on any atom is -0.376 e. The van der Waals surface area contributed by atoms with E-state index >= 15 is 0 Å². The summed E-state index contributed by atoms with van der Waals surface area (Å²) in [6, 6.07) is 28.2. The standard InChI is InChI=1S/C26H24O.2ClH.Ti/c1-19-17-18-23(20(19)2)24-15-9-10-16-25(24)26(27,21-11-5-3-6-12-21)22-13-7-4-8-14-22;;;/h3-17,27H,18H2,1-2H3;2*1H;. The molecule has 0 radical (unpaired) electrons. The van der Waals surface area contributed by atoms with E-state index in [4.69, 9.17) is 0 Å². The van der Waals surface area contributed by atoms with E-state index in [1.54, 1.807) is 0 Å². The van der Waals surface area contributed by atoms with Crippen molar-refractivity contribution in [1.82, 2.24) is 0 Å². The predicted molar refractivity (Wildman–Crippen MR) is 127 cm³/mol. The largest absolute Gasteiger partial charge is 0.376 e. The first-order chi connectivity index (χ1) is 13.1. The first-order valence-corrected chi connectivity index (χ1v) is 9.42. The molecule has 1 aliphatic rings. The van der Waals surface area contributed by atoms with Crippen molar-refractivity contribution in [3.05, 3.63) is 124 Å². The summed E-state index contributed by atoms with van der Waals surface area (Å²) in [6.07, 6.45) is 3.18. The Morgan fingerprint density at radius 1 is 0.700 bits per heavy atom. The Kier molecular flexibility index (Phi) is 9.81. The Labute approximate surface area is 206 Å². The first-order valence-electron chi connectivity index (χ1n) is 9.42. The van der Waals surface area contributed by atoms with Crippen molar-refractivity contribution in [3.8, 4) is 0 Å². The number of hydrogen-bond acceptors (Lipinski definition) is 1. The smallest absolute Gasteiger partial charge is 0.141 e. The van der Waals surface area contributed by atoms with E-state index in [0.29, 0.717) is 0 Å². The quantitative estimate of drug-likeness (QED) is 0.322. The van der Waals surface area contributed by atoms with Crippen LogP contribution < -0.4 is 0 Å². The van der Waals surface area contributed by atoms with E-state index < -0.39 is 5.60 Å². The number of aliphatic hydroxyl groups is 1. The zero-order valence-corrected chi connectivity index (χ0v) is 20.3. The fourth-order valence-electron chi connectivity index (χ4n) is 4.01. The van der Waals surface area contributed by atoms with Crippen molar-refractivity contribution < 1.29 is 26.8 Å². The molecule has 0 spiro atoms. The summed E-state index contributed by atoms with van der Waals surface area (Å²) in [7, 11) is 0. The van der Waals surface area contributed by atoms with Gasteiger partial charge in [-0.1, -0.05) is 96.6 Å². The van der Waals surface area contributed by atoms with Gasteiger partial charge in [0.2, 0.25) is 0 Å². The summed E-state index contributed by atoms with van der Waals surface area (Å²) in [4.78, 5) is 0. The third-order valence-corrected chi connectivity index (χ3v) is 5.68. The number of rotatable bonds is 4. The second-order valence-electron chi connectivity index (χ2n) is 7.18. The van der Waals surface area contributed by atoms with E-state index in [9.17, 15) is 5.11 Å². The molecule has 30 heavy (non-hydrogen) atoms. The van der Waals surface area contributed by atoms with Gasteiger partial charge >= 0.3 is 0 Å². The van der Waals surface area contributed by atoms with Crippen molar-refractivity contribution in [2.24, 2.45) is 0 Å². The number of benzene rings is 3. The molecule has 1 N–H and O–H groups in total. The molecule has 0 saturated heterocycles. The first kappa shape index (κ1) is 26.4. The van der Waals surface area contributed by atoms with Crippen molar-refractivity contribution in [3.63, 3.8) is 0 Å². The van der Waals surface area contributed by atoms with E-state index in [-0.39, 0.29) is 46.5 Å². The molecule has 0 aliphatic heterocycles. The molecule has 1 aliphatic carbocycles. The fraction of sp³-hybridized carbons (Fsp3) is 0.154. The molecule has 0 unspecified atom stereocenters. The summed E-state index contributed by atoms with van der Waals surface area (Å²) >= 11 is 0. The minimum absolute atomic E-state index is 0. The summed E-state index contributed by atoms with van der Waals surface area (Å²) in [5.74, 6) is 0. The van der Waals surface area contributed by atoms with E-state index in [0.717, 1.165) is 28.7 Å². The van der Waals surface area contributed by atoms with Crippen LogP contribution in [0.5, 0.6) is 0 Å². The van der Waals surface area contributed by atoms with Gasteiger partial charge in [-0.3, -0.25) is 0 Å². The normalized spacial score (nSPS) is 13.0. The third kappa shape index (κ3) is 4.67. The molecule has 0 aromatic heterocycles.